The first kappa shape index (κ1) is 14.0. The zero-order valence-electron chi connectivity index (χ0n) is 11.8. The van der Waals surface area contributed by atoms with Gasteiger partial charge in [-0.2, -0.15) is 5.10 Å². The lowest BCUT2D eigenvalue weighted by atomic mass is 10.2. The van der Waals surface area contributed by atoms with Crippen molar-refractivity contribution in [3.8, 4) is 5.82 Å². The number of aryl methyl sites for hydroxylation is 1. The minimum Gasteiger partial charge on any atom is -0.373 e. The van der Waals surface area contributed by atoms with Crippen molar-refractivity contribution in [1.29, 1.82) is 0 Å². The van der Waals surface area contributed by atoms with Gasteiger partial charge in [-0.3, -0.25) is 4.79 Å². The number of nitrogens with two attached hydrogens (primary N) is 1. The Morgan fingerprint density at radius 1 is 1.45 bits per heavy atom. The number of amides is 1. The van der Waals surface area contributed by atoms with Crippen LogP contribution in [0.5, 0.6) is 0 Å². The first-order valence-corrected chi connectivity index (χ1v) is 6.48. The number of carbonyl (C=O) groups excluding carboxylic acids is 1. The Morgan fingerprint density at radius 3 is 2.75 bits per heavy atom. The lowest BCUT2D eigenvalue weighted by Gasteiger charge is -2.11. The fourth-order valence-corrected chi connectivity index (χ4v) is 1.93. The van der Waals surface area contributed by atoms with Crippen LogP contribution in [0.2, 0.25) is 0 Å². The van der Waals surface area contributed by atoms with Gasteiger partial charge in [-0.15, -0.1) is 0 Å². The monoisotopic (exact) mass is 274 g/mol. The molecule has 0 radical (unpaired) electrons. The van der Waals surface area contributed by atoms with Crippen LogP contribution >= 0.6 is 0 Å². The fourth-order valence-electron chi connectivity index (χ4n) is 1.93. The highest BCUT2D eigenvalue weighted by atomic mass is 16.1. The Morgan fingerprint density at radius 2 is 2.20 bits per heavy atom. The summed E-state index contributed by atoms with van der Waals surface area (Å²) >= 11 is 0. The molecule has 0 unspecified atom stereocenters. The van der Waals surface area contributed by atoms with Gasteiger partial charge in [0, 0.05) is 25.2 Å². The second kappa shape index (κ2) is 5.68. The standard InChI is InChI=1S/C13H18N6O/c1-4-5-10-16-12(15-3)8(2)13(17-10)19-7-6-9(18-19)11(14)20/h6-7H,4-5H2,1-3H3,(H2,14,20)(H,15,16,17). The van der Waals surface area contributed by atoms with Crippen LogP contribution in [0.15, 0.2) is 12.3 Å². The highest BCUT2D eigenvalue weighted by molar-refractivity contribution is 5.90. The van der Waals surface area contributed by atoms with Crippen LogP contribution in [0.1, 0.15) is 35.2 Å². The lowest BCUT2D eigenvalue weighted by Crippen LogP contribution is -2.14. The number of primary amides is 1. The molecule has 106 valence electrons. The molecule has 2 aromatic rings. The molecular weight excluding hydrogens is 256 g/mol. The van der Waals surface area contributed by atoms with Gasteiger partial charge in [0.15, 0.2) is 5.82 Å². The third-order valence-corrected chi connectivity index (χ3v) is 2.94. The SMILES string of the molecule is CCCc1nc(NC)c(C)c(-n2ccc(C(N)=O)n2)n1. The van der Waals surface area contributed by atoms with Crippen molar-refractivity contribution < 1.29 is 4.79 Å². The lowest BCUT2D eigenvalue weighted by molar-refractivity contribution is 0.0995. The predicted octanol–water partition coefficient (Wildman–Crippen LogP) is 1.06. The topological polar surface area (TPSA) is 98.7 Å². The Balaban J connectivity index is 2.52. The van der Waals surface area contributed by atoms with E-state index in [1.54, 1.807) is 16.9 Å². The maximum Gasteiger partial charge on any atom is 0.269 e. The number of nitrogens with one attached hydrogen (secondary N) is 1. The summed E-state index contributed by atoms with van der Waals surface area (Å²) in [6, 6.07) is 1.57. The van der Waals surface area contributed by atoms with Crippen LogP contribution in [0.25, 0.3) is 5.82 Å². The normalized spacial score (nSPS) is 10.6. The van der Waals surface area contributed by atoms with Crippen molar-refractivity contribution in [1.82, 2.24) is 19.7 Å². The number of nitrogens with zero attached hydrogens (tertiary/aromatic N) is 4. The molecule has 7 heteroatoms. The minimum atomic E-state index is -0.557. The summed E-state index contributed by atoms with van der Waals surface area (Å²) in [4.78, 5) is 20.1. The quantitative estimate of drug-likeness (QED) is 0.849. The van der Waals surface area contributed by atoms with Crippen molar-refractivity contribution in [2.45, 2.75) is 26.7 Å². The van der Waals surface area contributed by atoms with Crippen molar-refractivity contribution >= 4 is 11.7 Å². The van der Waals surface area contributed by atoms with Gasteiger partial charge in [0.25, 0.3) is 5.91 Å². The van der Waals surface area contributed by atoms with Gasteiger partial charge < -0.3 is 11.1 Å². The highest BCUT2D eigenvalue weighted by Crippen LogP contribution is 2.19. The molecule has 0 saturated carbocycles. The van der Waals surface area contributed by atoms with Crippen LogP contribution in [0, 0.1) is 6.92 Å². The maximum absolute atomic E-state index is 11.1. The van der Waals surface area contributed by atoms with Gasteiger partial charge in [0.1, 0.15) is 17.3 Å². The van der Waals surface area contributed by atoms with Crippen molar-refractivity contribution in [2.75, 3.05) is 12.4 Å². The van der Waals surface area contributed by atoms with Gasteiger partial charge in [-0.25, -0.2) is 14.6 Å². The van der Waals surface area contributed by atoms with Gasteiger partial charge >= 0.3 is 0 Å². The summed E-state index contributed by atoms with van der Waals surface area (Å²) in [5.41, 5.74) is 6.30. The molecule has 0 bridgehead atoms. The van der Waals surface area contributed by atoms with E-state index in [4.69, 9.17) is 5.73 Å². The Hall–Kier alpha value is -2.44. The van der Waals surface area contributed by atoms with Crippen LogP contribution in [0.3, 0.4) is 0 Å². The summed E-state index contributed by atoms with van der Waals surface area (Å²) in [6.45, 7) is 3.98. The molecule has 0 aromatic carbocycles. The molecule has 0 saturated heterocycles. The van der Waals surface area contributed by atoms with E-state index >= 15 is 0 Å². The molecule has 0 atom stereocenters. The zero-order chi connectivity index (χ0) is 14.7. The summed E-state index contributed by atoms with van der Waals surface area (Å²) < 4.78 is 1.55. The molecule has 1 amide bonds. The molecule has 7 nitrogen and oxygen atoms in total. The number of hydrogen-bond donors (Lipinski definition) is 2. The van der Waals surface area contributed by atoms with Crippen LogP contribution < -0.4 is 11.1 Å². The molecule has 0 aliphatic carbocycles. The van der Waals surface area contributed by atoms with Crippen molar-refractivity contribution in [3.63, 3.8) is 0 Å². The molecular formula is C13H18N6O. The molecule has 2 aromatic heterocycles. The van der Waals surface area contributed by atoms with E-state index < -0.39 is 5.91 Å². The number of anilines is 1. The van der Waals surface area contributed by atoms with E-state index in [1.165, 1.54) is 0 Å². The Bertz CT molecular complexity index is 634. The average Bonchev–Trinajstić information content (AvgIpc) is 2.90. The van der Waals surface area contributed by atoms with Gasteiger partial charge in [0.05, 0.1) is 0 Å². The molecule has 3 N–H and O–H groups in total. The Labute approximate surface area is 117 Å². The highest BCUT2D eigenvalue weighted by Gasteiger charge is 2.13. The zero-order valence-corrected chi connectivity index (χ0v) is 11.8. The van der Waals surface area contributed by atoms with E-state index in [1.807, 2.05) is 14.0 Å². The average molecular weight is 274 g/mol. The van der Waals surface area contributed by atoms with E-state index in [0.29, 0.717) is 5.82 Å². The molecule has 0 aliphatic heterocycles. The molecule has 2 heterocycles. The molecule has 20 heavy (non-hydrogen) atoms. The largest absolute Gasteiger partial charge is 0.373 e. The number of hydrogen-bond acceptors (Lipinski definition) is 5. The van der Waals surface area contributed by atoms with Crippen LogP contribution in [-0.2, 0) is 6.42 Å². The van der Waals surface area contributed by atoms with Crippen LogP contribution in [-0.4, -0.2) is 32.7 Å². The first-order valence-electron chi connectivity index (χ1n) is 6.48. The minimum absolute atomic E-state index is 0.214. The van der Waals surface area contributed by atoms with Crippen LogP contribution in [0.4, 0.5) is 5.82 Å². The number of aromatic nitrogens is 4. The maximum atomic E-state index is 11.1. The van der Waals surface area contributed by atoms with E-state index in [-0.39, 0.29) is 5.69 Å². The number of rotatable bonds is 5. The molecule has 0 aliphatic rings. The van der Waals surface area contributed by atoms with Gasteiger partial charge in [0.2, 0.25) is 0 Å². The molecule has 0 spiro atoms. The van der Waals surface area contributed by atoms with E-state index in [2.05, 4.69) is 27.3 Å². The van der Waals surface area contributed by atoms with E-state index in [9.17, 15) is 4.79 Å². The number of carbonyl (C=O) groups is 1. The first-order chi connectivity index (χ1) is 9.56. The molecule has 2 rings (SSSR count). The second-order valence-electron chi connectivity index (χ2n) is 4.45. The third-order valence-electron chi connectivity index (χ3n) is 2.94. The van der Waals surface area contributed by atoms with Crippen molar-refractivity contribution in [3.05, 3.63) is 29.3 Å². The molecule has 0 fully saturated rings. The third kappa shape index (κ3) is 2.61. The predicted molar refractivity (Wildman–Crippen MR) is 76.0 cm³/mol. The van der Waals surface area contributed by atoms with Gasteiger partial charge in [-0.1, -0.05) is 6.92 Å². The summed E-state index contributed by atoms with van der Waals surface area (Å²) in [5.74, 6) is 1.60. The second-order valence-corrected chi connectivity index (χ2v) is 4.45. The summed E-state index contributed by atoms with van der Waals surface area (Å²) in [7, 11) is 1.81. The summed E-state index contributed by atoms with van der Waals surface area (Å²) in [5, 5.41) is 7.19. The fraction of sp³-hybridized carbons (Fsp3) is 0.385. The Kier molecular flexibility index (Phi) is 3.97. The van der Waals surface area contributed by atoms with Gasteiger partial charge in [-0.05, 0) is 19.4 Å². The smallest absolute Gasteiger partial charge is 0.269 e. The van der Waals surface area contributed by atoms with E-state index in [0.717, 1.165) is 30.0 Å². The van der Waals surface area contributed by atoms with Crippen molar-refractivity contribution in [2.24, 2.45) is 5.73 Å². The summed E-state index contributed by atoms with van der Waals surface area (Å²) in [6.07, 6.45) is 3.41.